The Morgan fingerprint density at radius 1 is 1.38 bits per heavy atom. The summed E-state index contributed by atoms with van der Waals surface area (Å²) in [6, 6.07) is 3.60. The summed E-state index contributed by atoms with van der Waals surface area (Å²) in [5.74, 6) is -0.499. The number of hydrogen-bond acceptors (Lipinski definition) is 2. The molecule has 21 heavy (non-hydrogen) atoms. The first-order chi connectivity index (χ1) is 10.1. The van der Waals surface area contributed by atoms with E-state index in [0.29, 0.717) is 37.4 Å². The van der Waals surface area contributed by atoms with Crippen molar-refractivity contribution in [2.75, 3.05) is 13.7 Å². The van der Waals surface area contributed by atoms with Crippen molar-refractivity contribution < 1.29 is 18.3 Å². The van der Waals surface area contributed by atoms with Gasteiger partial charge in [0.2, 0.25) is 5.91 Å². The van der Waals surface area contributed by atoms with E-state index in [1.807, 2.05) is 0 Å². The van der Waals surface area contributed by atoms with Crippen LogP contribution in [0.3, 0.4) is 0 Å². The van der Waals surface area contributed by atoms with Crippen LogP contribution in [0, 0.1) is 17.6 Å². The van der Waals surface area contributed by atoms with Gasteiger partial charge in [0, 0.05) is 25.5 Å². The van der Waals surface area contributed by atoms with Gasteiger partial charge in [0.25, 0.3) is 0 Å². The van der Waals surface area contributed by atoms with E-state index in [9.17, 15) is 13.6 Å². The van der Waals surface area contributed by atoms with Crippen molar-refractivity contribution in [3.05, 3.63) is 35.4 Å². The van der Waals surface area contributed by atoms with Gasteiger partial charge in [-0.1, -0.05) is 0 Å². The van der Waals surface area contributed by atoms with Gasteiger partial charge >= 0.3 is 0 Å². The fourth-order valence-corrected chi connectivity index (χ4v) is 2.63. The normalized spacial score (nSPS) is 20.9. The fraction of sp³-hybridized carbons (Fsp3) is 0.562. The number of amides is 1. The van der Waals surface area contributed by atoms with Crippen LogP contribution in [-0.2, 0) is 16.0 Å². The molecule has 0 radical (unpaired) electrons. The largest absolute Gasteiger partial charge is 0.384 e. The molecule has 1 saturated carbocycles. The van der Waals surface area contributed by atoms with E-state index in [2.05, 4.69) is 5.32 Å². The molecule has 1 N–H and O–H groups in total. The Labute approximate surface area is 123 Å². The first kappa shape index (κ1) is 15.9. The van der Waals surface area contributed by atoms with Crippen molar-refractivity contribution >= 4 is 5.91 Å². The third-order valence-corrected chi connectivity index (χ3v) is 4.00. The first-order valence-corrected chi connectivity index (χ1v) is 7.32. The predicted molar refractivity (Wildman–Crippen MR) is 75.8 cm³/mol. The summed E-state index contributed by atoms with van der Waals surface area (Å²) < 4.78 is 31.5. The molecule has 1 fully saturated rings. The molecule has 5 heteroatoms. The maximum absolute atomic E-state index is 13.4. The molecule has 1 aliphatic rings. The molecule has 0 heterocycles. The van der Waals surface area contributed by atoms with E-state index in [0.717, 1.165) is 25.0 Å². The second-order valence-electron chi connectivity index (χ2n) is 5.56. The van der Waals surface area contributed by atoms with E-state index < -0.39 is 11.6 Å². The molecule has 0 bridgehead atoms. The van der Waals surface area contributed by atoms with Gasteiger partial charge in [-0.2, -0.15) is 0 Å². The van der Waals surface area contributed by atoms with Crippen molar-refractivity contribution in [3.63, 3.8) is 0 Å². The highest BCUT2D eigenvalue weighted by atomic mass is 19.1. The summed E-state index contributed by atoms with van der Waals surface area (Å²) in [6.07, 6.45) is 3.26. The Morgan fingerprint density at radius 2 is 2.19 bits per heavy atom. The van der Waals surface area contributed by atoms with Crippen LogP contribution in [0.1, 0.15) is 31.2 Å². The highest BCUT2D eigenvalue weighted by Gasteiger charge is 2.31. The van der Waals surface area contributed by atoms with Crippen LogP contribution in [0.15, 0.2) is 18.2 Å². The van der Waals surface area contributed by atoms with Gasteiger partial charge in [-0.25, -0.2) is 8.78 Å². The van der Waals surface area contributed by atoms with Gasteiger partial charge in [0.1, 0.15) is 11.6 Å². The molecule has 2 atom stereocenters. The average Bonchev–Trinajstić information content (AvgIpc) is 2.45. The third kappa shape index (κ3) is 4.49. The van der Waals surface area contributed by atoms with Crippen LogP contribution in [0.2, 0.25) is 0 Å². The van der Waals surface area contributed by atoms with Gasteiger partial charge < -0.3 is 10.1 Å². The molecule has 0 aliphatic heterocycles. The lowest BCUT2D eigenvalue weighted by molar-refractivity contribution is -0.123. The Morgan fingerprint density at radius 3 is 2.86 bits per heavy atom. The number of carbonyl (C=O) groups excluding carboxylic acids is 1. The number of methoxy groups -OCH3 is 1. The molecule has 1 aliphatic carbocycles. The highest BCUT2D eigenvalue weighted by molar-refractivity contribution is 5.76. The second-order valence-corrected chi connectivity index (χ2v) is 5.56. The molecule has 2 rings (SSSR count). The quantitative estimate of drug-likeness (QED) is 0.840. The lowest BCUT2D eigenvalue weighted by atomic mass is 9.80. The lowest BCUT2D eigenvalue weighted by Gasteiger charge is -2.36. The number of benzene rings is 1. The minimum Gasteiger partial charge on any atom is -0.384 e. The standard InChI is InChI=1S/C16H21F2NO2/c1-21-10-12-5-8-15(12)19-16(20)4-2-3-11-9-13(17)6-7-14(11)18/h6-7,9,12,15H,2-5,8,10H2,1H3,(H,19,20)/t12-,15-/m1/s1. The maximum atomic E-state index is 13.4. The van der Waals surface area contributed by atoms with Crippen LogP contribution in [0.25, 0.3) is 0 Å². The monoisotopic (exact) mass is 297 g/mol. The van der Waals surface area contributed by atoms with Gasteiger partial charge in [-0.05, 0) is 49.4 Å². The molecule has 0 aromatic heterocycles. The zero-order valence-corrected chi connectivity index (χ0v) is 12.2. The SMILES string of the molecule is COC[C@H]1CC[C@H]1NC(=O)CCCc1cc(F)ccc1F. The third-order valence-electron chi connectivity index (χ3n) is 4.00. The Kier molecular flexibility index (Phi) is 5.67. The van der Waals surface area contributed by atoms with Crippen molar-refractivity contribution in [2.45, 2.75) is 38.1 Å². The van der Waals surface area contributed by atoms with Crippen LogP contribution >= 0.6 is 0 Å². The van der Waals surface area contributed by atoms with Crippen LogP contribution in [-0.4, -0.2) is 25.7 Å². The van der Waals surface area contributed by atoms with Gasteiger partial charge in [-0.15, -0.1) is 0 Å². The summed E-state index contributed by atoms with van der Waals surface area (Å²) in [4.78, 5) is 11.8. The van der Waals surface area contributed by atoms with E-state index in [1.54, 1.807) is 7.11 Å². The molecule has 0 spiro atoms. The van der Waals surface area contributed by atoms with E-state index in [4.69, 9.17) is 4.74 Å². The molecule has 1 aromatic rings. The topological polar surface area (TPSA) is 38.3 Å². The summed E-state index contributed by atoms with van der Waals surface area (Å²) >= 11 is 0. The summed E-state index contributed by atoms with van der Waals surface area (Å²) in [7, 11) is 1.66. The number of aryl methyl sites for hydroxylation is 1. The minimum absolute atomic E-state index is 0.0300. The number of nitrogens with one attached hydrogen (secondary N) is 1. The molecular formula is C16H21F2NO2. The Hall–Kier alpha value is -1.49. The van der Waals surface area contributed by atoms with Crippen LogP contribution in [0.4, 0.5) is 8.78 Å². The number of rotatable bonds is 7. The minimum atomic E-state index is -0.451. The highest BCUT2D eigenvalue weighted by Crippen LogP contribution is 2.27. The Balaban J connectivity index is 1.71. The second kappa shape index (κ2) is 7.50. The van der Waals surface area contributed by atoms with Crippen molar-refractivity contribution in [1.82, 2.24) is 5.32 Å². The maximum Gasteiger partial charge on any atom is 0.220 e. The summed E-state index contributed by atoms with van der Waals surface area (Å²) in [5, 5.41) is 2.98. The number of carbonyl (C=O) groups is 1. The van der Waals surface area contributed by atoms with Crippen molar-refractivity contribution in [2.24, 2.45) is 5.92 Å². The Bertz CT molecular complexity index is 493. The zero-order chi connectivity index (χ0) is 15.2. The average molecular weight is 297 g/mol. The molecule has 1 amide bonds. The molecule has 116 valence electrons. The number of hydrogen-bond donors (Lipinski definition) is 1. The predicted octanol–water partition coefficient (Wildman–Crippen LogP) is 2.83. The van der Waals surface area contributed by atoms with Gasteiger partial charge in [0.15, 0.2) is 0 Å². The van der Waals surface area contributed by atoms with E-state index >= 15 is 0 Å². The molecule has 0 saturated heterocycles. The molecule has 0 unspecified atom stereocenters. The molecular weight excluding hydrogens is 276 g/mol. The van der Waals surface area contributed by atoms with Gasteiger partial charge in [-0.3, -0.25) is 4.79 Å². The summed E-state index contributed by atoms with van der Waals surface area (Å²) in [5.41, 5.74) is 0.323. The fourth-order valence-electron chi connectivity index (χ4n) is 2.63. The molecule has 3 nitrogen and oxygen atoms in total. The van der Waals surface area contributed by atoms with Crippen molar-refractivity contribution in [3.8, 4) is 0 Å². The van der Waals surface area contributed by atoms with Crippen molar-refractivity contribution in [1.29, 1.82) is 0 Å². The number of halogens is 2. The first-order valence-electron chi connectivity index (χ1n) is 7.32. The van der Waals surface area contributed by atoms with E-state index in [-0.39, 0.29) is 11.9 Å². The van der Waals surface area contributed by atoms with Gasteiger partial charge in [0.05, 0.1) is 6.61 Å². The van der Waals surface area contributed by atoms with E-state index in [1.165, 1.54) is 6.07 Å². The summed E-state index contributed by atoms with van der Waals surface area (Å²) in [6.45, 7) is 0.666. The smallest absolute Gasteiger partial charge is 0.220 e. The molecule has 1 aromatic carbocycles. The van der Waals surface area contributed by atoms with Crippen LogP contribution in [0.5, 0.6) is 0 Å². The zero-order valence-electron chi connectivity index (χ0n) is 12.2. The lowest BCUT2D eigenvalue weighted by Crippen LogP contribution is -2.48. The number of ether oxygens (including phenoxy) is 1. The van der Waals surface area contributed by atoms with Crippen LogP contribution < -0.4 is 5.32 Å².